The van der Waals surface area contributed by atoms with Crippen LogP contribution in [-0.2, 0) is 9.31 Å². The molecule has 0 spiro atoms. The molecule has 4 rings (SSSR count). The molecule has 0 amide bonds. The highest BCUT2D eigenvalue weighted by Crippen LogP contribution is 2.39. The molecule has 1 aliphatic rings. The van der Waals surface area contributed by atoms with Crippen LogP contribution in [0, 0.1) is 0 Å². The molecule has 0 radical (unpaired) electrons. The second-order valence-corrected chi connectivity index (χ2v) is 7.35. The van der Waals surface area contributed by atoms with Gasteiger partial charge in [-0.1, -0.05) is 36.4 Å². The maximum absolute atomic E-state index is 15.3. The van der Waals surface area contributed by atoms with E-state index >= 15 is 4.39 Å². The van der Waals surface area contributed by atoms with Crippen LogP contribution in [-0.4, -0.2) is 18.3 Å². The Morgan fingerprint density at radius 2 is 1.50 bits per heavy atom. The molecule has 0 aliphatic carbocycles. The summed E-state index contributed by atoms with van der Waals surface area (Å²) >= 11 is 0. The molecule has 1 saturated heterocycles. The van der Waals surface area contributed by atoms with Crippen molar-refractivity contribution in [1.82, 2.24) is 0 Å². The molecule has 0 N–H and O–H groups in total. The molecule has 1 heterocycles. The predicted octanol–water partition coefficient (Wildman–Crippen LogP) is 3.22. The van der Waals surface area contributed by atoms with Crippen molar-refractivity contribution in [3.8, 4) is 0 Å². The molecule has 0 atom stereocenters. The summed E-state index contributed by atoms with van der Waals surface area (Å²) in [5.74, 6) is 0. The molecule has 1 aliphatic heterocycles. The highest BCUT2D eigenvalue weighted by atomic mass is 19.1. The Morgan fingerprint density at radius 3 is 2.08 bits per heavy atom. The van der Waals surface area contributed by atoms with Crippen molar-refractivity contribution in [2.45, 2.75) is 38.9 Å². The fourth-order valence-electron chi connectivity index (χ4n) is 3.30. The zero-order valence-corrected chi connectivity index (χ0v) is 14.1. The third kappa shape index (κ3) is 1.95. The summed E-state index contributed by atoms with van der Waals surface area (Å²) in [7, 11) is -1.17. The highest BCUT2D eigenvalue weighted by Gasteiger charge is 2.53. The summed E-state index contributed by atoms with van der Waals surface area (Å²) in [4.78, 5) is 12.8. The molecular weight excluding hydrogens is 306 g/mol. The molecule has 122 valence electrons. The Balaban J connectivity index is 2.03. The molecule has 0 aromatic heterocycles. The van der Waals surface area contributed by atoms with Gasteiger partial charge in [0, 0.05) is 10.8 Å². The number of halogens is 1. The molecular formula is C19H18BFO3. The maximum Gasteiger partial charge on any atom is 0.526 e. The third-order valence-corrected chi connectivity index (χ3v) is 5.34. The fraction of sp³-hybridized carbons (Fsp3) is 0.316. The van der Waals surface area contributed by atoms with Crippen LogP contribution in [0.4, 0.5) is 4.39 Å². The molecule has 1 fully saturated rings. The van der Waals surface area contributed by atoms with Gasteiger partial charge in [0.1, 0.15) is 5.73 Å². The van der Waals surface area contributed by atoms with E-state index in [0.29, 0.717) is 10.8 Å². The van der Waals surface area contributed by atoms with Crippen LogP contribution in [0.25, 0.3) is 27.3 Å². The summed E-state index contributed by atoms with van der Waals surface area (Å²) in [6.07, 6.45) is 0. The van der Waals surface area contributed by atoms with Crippen LogP contribution >= 0.6 is 0 Å². The van der Waals surface area contributed by atoms with E-state index in [1.54, 1.807) is 12.1 Å². The molecule has 5 heteroatoms. The summed E-state index contributed by atoms with van der Waals surface area (Å²) < 4.78 is 26.8. The minimum absolute atomic E-state index is 0.0558. The Morgan fingerprint density at radius 1 is 0.958 bits per heavy atom. The first-order valence-corrected chi connectivity index (χ1v) is 8.05. The van der Waals surface area contributed by atoms with Crippen LogP contribution in [0.1, 0.15) is 27.7 Å². The zero-order valence-electron chi connectivity index (χ0n) is 14.1. The van der Waals surface area contributed by atoms with Gasteiger partial charge in [-0.05, 0) is 38.5 Å². The summed E-state index contributed by atoms with van der Waals surface area (Å²) in [6, 6.07) is 11.0. The van der Waals surface area contributed by atoms with Gasteiger partial charge in [-0.3, -0.25) is 4.79 Å². The van der Waals surface area contributed by atoms with Crippen molar-refractivity contribution < 1.29 is 13.7 Å². The Bertz CT molecular complexity index is 1040. The molecule has 0 unspecified atom stereocenters. The van der Waals surface area contributed by atoms with Crippen molar-refractivity contribution >= 4 is 34.4 Å². The van der Waals surface area contributed by atoms with E-state index in [4.69, 9.17) is 9.31 Å². The first kappa shape index (κ1) is 15.5. The van der Waals surface area contributed by atoms with Crippen molar-refractivity contribution in [2.24, 2.45) is 0 Å². The van der Waals surface area contributed by atoms with Gasteiger partial charge in [-0.2, -0.15) is 0 Å². The smallest absolute Gasteiger partial charge is 0.398 e. The second kappa shape index (κ2) is 4.77. The summed E-state index contributed by atoms with van der Waals surface area (Å²) in [5, 5.41) is 2.92. The summed E-state index contributed by atoms with van der Waals surface area (Å²) in [5.41, 5.74) is -2.28. The average molecular weight is 324 g/mol. The highest BCUT2D eigenvalue weighted by molar-refractivity contribution is 6.65. The number of hydrogen-bond acceptors (Lipinski definition) is 3. The SMILES string of the molecule is CC1(C)OB(C(F)=c2c(=O)c3cccc4cccc2c43)OC1(C)C. The quantitative estimate of drug-likeness (QED) is 0.645. The predicted molar refractivity (Wildman–Crippen MR) is 94.7 cm³/mol. The van der Waals surface area contributed by atoms with E-state index in [9.17, 15) is 4.79 Å². The van der Waals surface area contributed by atoms with Gasteiger partial charge in [-0.25, -0.2) is 4.39 Å². The van der Waals surface area contributed by atoms with Gasteiger partial charge in [0.05, 0.1) is 16.4 Å². The molecule has 0 saturated carbocycles. The standard InChI is InChI=1S/C19H18BFO3/c1-18(2)19(3,4)24-20(23-18)17(21)15-12-9-5-7-11-8-6-10-13(14(11)12)16(15)22/h5-10H,1-4H3. The topological polar surface area (TPSA) is 35.5 Å². The lowest BCUT2D eigenvalue weighted by atomic mass is 9.86. The van der Waals surface area contributed by atoms with Crippen LogP contribution in [0.5, 0.6) is 0 Å². The maximum atomic E-state index is 15.3. The van der Waals surface area contributed by atoms with Crippen molar-refractivity contribution in [3.05, 3.63) is 51.8 Å². The lowest BCUT2D eigenvalue weighted by Gasteiger charge is -2.32. The lowest BCUT2D eigenvalue weighted by molar-refractivity contribution is 0.00578. The molecule has 24 heavy (non-hydrogen) atoms. The Kier molecular flexibility index (Phi) is 3.09. The molecule has 0 bridgehead atoms. The van der Waals surface area contributed by atoms with Gasteiger partial charge >= 0.3 is 7.12 Å². The van der Waals surface area contributed by atoms with Crippen molar-refractivity contribution in [2.75, 3.05) is 0 Å². The van der Waals surface area contributed by atoms with Gasteiger partial charge in [0.2, 0.25) is 0 Å². The van der Waals surface area contributed by atoms with Gasteiger partial charge < -0.3 is 9.31 Å². The largest absolute Gasteiger partial charge is 0.526 e. The zero-order chi connectivity index (χ0) is 17.3. The van der Waals surface area contributed by atoms with Crippen LogP contribution in [0.15, 0.2) is 41.2 Å². The monoisotopic (exact) mass is 324 g/mol. The first-order valence-electron chi connectivity index (χ1n) is 8.05. The van der Waals surface area contributed by atoms with Gasteiger partial charge in [-0.15, -0.1) is 0 Å². The van der Waals surface area contributed by atoms with Crippen molar-refractivity contribution in [1.29, 1.82) is 0 Å². The van der Waals surface area contributed by atoms with E-state index in [1.165, 1.54) is 0 Å². The van der Waals surface area contributed by atoms with Gasteiger partial charge in [0.15, 0.2) is 5.43 Å². The Labute approximate surface area is 139 Å². The normalized spacial score (nSPS) is 21.0. The molecule has 3 nitrogen and oxygen atoms in total. The van der Waals surface area contributed by atoms with Gasteiger partial charge in [0.25, 0.3) is 0 Å². The molecule has 3 aromatic rings. The van der Waals surface area contributed by atoms with E-state index in [0.717, 1.165) is 10.8 Å². The fourth-order valence-corrected chi connectivity index (χ4v) is 3.30. The second-order valence-electron chi connectivity index (χ2n) is 7.35. The third-order valence-electron chi connectivity index (χ3n) is 5.34. The number of hydrogen-bond donors (Lipinski definition) is 0. The van der Waals surface area contributed by atoms with Crippen LogP contribution < -0.4 is 10.6 Å². The first-order chi connectivity index (χ1) is 11.2. The average Bonchev–Trinajstić information content (AvgIpc) is 2.92. The number of rotatable bonds is 1. The lowest BCUT2D eigenvalue weighted by Crippen LogP contribution is -2.41. The minimum atomic E-state index is -1.17. The van der Waals surface area contributed by atoms with Crippen LogP contribution in [0.2, 0.25) is 0 Å². The van der Waals surface area contributed by atoms with E-state index in [2.05, 4.69) is 0 Å². The van der Waals surface area contributed by atoms with Crippen LogP contribution in [0.3, 0.4) is 0 Å². The molecule has 3 aromatic carbocycles. The van der Waals surface area contributed by atoms with Crippen molar-refractivity contribution in [3.63, 3.8) is 0 Å². The summed E-state index contributed by atoms with van der Waals surface area (Å²) in [6.45, 7) is 7.43. The minimum Gasteiger partial charge on any atom is -0.398 e. The number of benzene rings is 2. The Hall–Kier alpha value is -1.98. The van der Waals surface area contributed by atoms with E-state index < -0.39 is 24.0 Å². The van der Waals surface area contributed by atoms with E-state index in [1.807, 2.05) is 52.0 Å². The van der Waals surface area contributed by atoms with E-state index in [-0.39, 0.29) is 10.6 Å².